The van der Waals surface area contributed by atoms with Crippen molar-refractivity contribution < 1.29 is 18.7 Å². The maximum absolute atomic E-state index is 12.5. The van der Waals surface area contributed by atoms with Crippen LogP contribution in [0.15, 0.2) is 45.5 Å². The summed E-state index contributed by atoms with van der Waals surface area (Å²) in [4.78, 5) is 19.3. The maximum atomic E-state index is 12.5. The Morgan fingerprint density at radius 2 is 2.15 bits per heavy atom. The van der Waals surface area contributed by atoms with Crippen LogP contribution in [0.2, 0.25) is 0 Å². The molecule has 1 aliphatic heterocycles. The number of thiophene rings is 1. The molecular weight excluding hydrogens is 438 g/mol. The molecule has 0 atom stereocenters. The quantitative estimate of drug-likeness (QED) is 0.483. The zero-order valence-corrected chi connectivity index (χ0v) is 20.0. The van der Waals surface area contributed by atoms with Crippen molar-refractivity contribution in [2.75, 3.05) is 33.4 Å². The lowest BCUT2D eigenvalue weighted by atomic mass is 10.1. The first-order valence-corrected chi connectivity index (χ1v) is 12.3. The number of aryl methyl sites for hydroxylation is 1. The van der Waals surface area contributed by atoms with Crippen molar-refractivity contribution in [2.45, 2.75) is 38.8 Å². The molecule has 4 rings (SSSR count). The topological polar surface area (TPSA) is 76.8 Å². The number of likely N-dealkylation sites (N-methyl/N-ethyl adjacent to an activating group) is 1. The number of oxazole rings is 1. The summed E-state index contributed by atoms with van der Waals surface area (Å²) in [6, 6.07) is 10.4. The number of amides is 1. The predicted octanol–water partition coefficient (Wildman–Crippen LogP) is 4.06. The fourth-order valence-electron chi connectivity index (χ4n) is 3.88. The van der Waals surface area contributed by atoms with E-state index in [1.54, 1.807) is 11.3 Å². The van der Waals surface area contributed by atoms with Crippen LogP contribution in [0, 0.1) is 6.92 Å². The second kappa shape index (κ2) is 11.4. The fourth-order valence-corrected chi connectivity index (χ4v) is 4.51. The minimum atomic E-state index is -0.0901. The monoisotopic (exact) mass is 469 g/mol. The minimum absolute atomic E-state index is 0.0901. The number of carbonyl (C=O) groups is 1. The van der Waals surface area contributed by atoms with Gasteiger partial charge in [0, 0.05) is 43.3 Å². The van der Waals surface area contributed by atoms with E-state index in [0.717, 1.165) is 49.5 Å². The summed E-state index contributed by atoms with van der Waals surface area (Å²) in [7, 11) is 2.14. The first kappa shape index (κ1) is 23.5. The Hall–Kier alpha value is -2.68. The SMILES string of the molecule is Cc1oc(-c2ccsc2)nc1CC(=O)NCc1cccc(OCCN(C)C2CCOCC2)c1. The Morgan fingerprint density at radius 3 is 2.94 bits per heavy atom. The molecular formula is C25H31N3O4S. The second-order valence-electron chi connectivity index (χ2n) is 8.31. The fraction of sp³-hybridized carbons (Fsp3) is 0.440. The lowest BCUT2D eigenvalue weighted by Gasteiger charge is -2.31. The molecule has 1 N–H and O–H groups in total. The molecule has 1 saturated heterocycles. The van der Waals surface area contributed by atoms with Crippen molar-refractivity contribution in [1.82, 2.24) is 15.2 Å². The number of nitrogens with one attached hydrogen (secondary N) is 1. The number of aromatic nitrogens is 1. The maximum Gasteiger partial charge on any atom is 0.227 e. The summed E-state index contributed by atoms with van der Waals surface area (Å²) in [6.07, 6.45) is 2.35. The van der Waals surface area contributed by atoms with Gasteiger partial charge in [-0.15, -0.1) is 0 Å². The van der Waals surface area contributed by atoms with Crippen LogP contribution < -0.4 is 10.1 Å². The van der Waals surface area contributed by atoms with Gasteiger partial charge >= 0.3 is 0 Å². The highest BCUT2D eigenvalue weighted by Gasteiger charge is 2.18. The molecule has 8 heteroatoms. The number of rotatable bonds is 10. The van der Waals surface area contributed by atoms with Crippen LogP contribution in [0.3, 0.4) is 0 Å². The van der Waals surface area contributed by atoms with E-state index in [9.17, 15) is 4.79 Å². The summed E-state index contributed by atoms with van der Waals surface area (Å²) in [5.74, 6) is 1.96. The molecule has 1 aliphatic rings. The third-order valence-corrected chi connectivity index (χ3v) is 6.59. The number of carbonyl (C=O) groups excluding carboxylic acids is 1. The Bertz CT molecular complexity index is 1030. The smallest absolute Gasteiger partial charge is 0.227 e. The standard InChI is InChI=1S/C25H31N3O4S/c1-18-23(27-25(32-18)20-8-13-33-17-20)15-24(29)26-16-19-4-3-5-22(14-19)31-12-9-28(2)21-6-10-30-11-7-21/h3-5,8,13-14,17,21H,6-7,9-12,15-16H2,1-2H3,(H,26,29). The van der Waals surface area contributed by atoms with Crippen LogP contribution in [0.5, 0.6) is 5.75 Å². The molecule has 0 radical (unpaired) electrons. The van der Waals surface area contributed by atoms with Gasteiger partial charge in [0.05, 0.1) is 12.1 Å². The lowest BCUT2D eigenvalue weighted by molar-refractivity contribution is -0.120. The van der Waals surface area contributed by atoms with Crippen molar-refractivity contribution in [3.05, 3.63) is 58.1 Å². The summed E-state index contributed by atoms with van der Waals surface area (Å²) in [5, 5.41) is 6.92. The molecule has 0 unspecified atom stereocenters. The van der Waals surface area contributed by atoms with Gasteiger partial charge in [0.2, 0.25) is 11.8 Å². The normalized spacial score (nSPS) is 14.5. The Morgan fingerprint density at radius 1 is 1.30 bits per heavy atom. The van der Waals surface area contributed by atoms with E-state index in [0.29, 0.717) is 36.5 Å². The van der Waals surface area contributed by atoms with Gasteiger partial charge < -0.3 is 19.2 Å². The lowest BCUT2D eigenvalue weighted by Crippen LogP contribution is -2.38. The van der Waals surface area contributed by atoms with E-state index >= 15 is 0 Å². The van der Waals surface area contributed by atoms with Crippen molar-refractivity contribution in [3.8, 4) is 17.2 Å². The molecule has 0 spiro atoms. The number of benzene rings is 1. The van der Waals surface area contributed by atoms with Crippen LogP contribution in [-0.4, -0.2) is 55.2 Å². The average molecular weight is 470 g/mol. The van der Waals surface area contributed by atoms with Crippen LogP contribution >= 0.6 is 11.3 Å². The van der Waals surface area contributed by atoms with Crippen LogP contribution in [0.1, 0.15) is 29.9 Å². The molecule has 0 aliphatic carbocycles. The van der Waals surface area contributed by atoms with Crippen molar-refractivity contribution in [3.63, 3.8) is 0 Å². The second-order valence-corrected chi connectivity index (χ2v) is 9.09. The number of nitrogens with zero attached hydrogens (tertiary/aromatic N) is 2. The zero-order valence-electron chi connectivity index (χ0n) is 19.2. The molecule has 1 amide bonds. The summed E-state index contributed by atoms with van der Waals surface area (Å²) < 4.78 is 17.1. The molecule has 3 heterocycles. The van der Waals surface area contributed by atoms with Crippen LogP contribution in [0.25, 0.3) is 11.5 Å². The summed E-state index contributed by atoms with van der Waals surface area (Å²) in [6.45, 7) is 5.46. The number of hydrogen-bond donors (Lipinski definition) is 1. The van der Waals surface area contributed by atoms with Crippen molar-refractivity contribution >= 4 is 17.2 Å². The van der Waals surface area contributed by atoms with Gasteiger partial charge in [-0.2, -0.15) is 11.3 Å². The van der Waals surface area contributed by atoms with E-state index < -0.39 is 0 Å². The third-order valence-electron chi connectivity index (χ3n) is 5.90. The highest BCUT2D eigenvalue weighted by molar-refractivity contribution is 7.08. The van der Waals surface area contributed by atoms with E-state index in [-0.39, 0.29) is 12.3 Å². The van der Waals surface area contributed by atoms with Crippen LogP contribution in [0.4, 0.5) is 0 Å². The molecule has 2 aromatic heterocycles. The van der Waals surface area contributed by atoms with Crippen LogP contribution in [-0.2, 0) is 22.5 Å². The average Bonchev–Trinajstić information content (AvgIpc) is 3.49. The van der Waals surface area contributed by atoms with E-state index in [4.69, 9.17) is 13.9 Å². The molecule has 0 saturated carbocycles. The first-order chi connectivity index (χ1) is 16.1. The van der Waals surface area contributed by atoms with Gasteiger partial charge in [0.25, 0.3) is 0 Å². The zero-order chi connectivity index (χ0) is 23.0. The Labute approximate surface area is 198 Å². The van der Waals surface area contributed by atoms with E-state index in [1.807, 2.05) is 48.0 Å². The number of hydrogen-bond acceptors (Lipinski definition) is 7. The largest absolute Gasteiger partial charge is 0.492 e. The van der Waals surface area contributed by atoms with Crippen molar-refractivity contribution in [2.24, 2.45) is 0 Å². The van der Waals surface area contributed by atoms with Crippen molar-refractivity contribution in [1.29, 1.82) is 0 Å². The molecule has 1 fully saturated rings. The molecule has 0 bridgehead atoms. The van der Waals surface area contributed by atoms with E-state index in [2.05, 4.69) is 22.2 Å². The number of ether oxygens (including phenoxy) is 2. The third kappa shape index (κ3) is 6.66. The predicted molar refractivity (Wildman–Crippen MR) is 129 cm³/mol. The van der Waals surface area contributed by atoms with Gasteiger partial charge in [0.15, 0.2) is 0 Å². The molecule has 3 aromatic rings. The van der Waals surface area contributed by atoms with Gasteiger partial charge in [0.1, 0.15) is 18.1 Å². The molecule has 33 heavy (non-hydrogen) atoms. The highest BCUT2D eigenvalue weighted by atomic mass is 32.1. The minimum Gasteiger partial charge on any atom is -0.492 e. The summed E-state index contributed by atoms with van der Waals surface area (Å²) >= 11 is 1.59. The highest BCUT2D eigenvalue weighted by Crippen LogP contribution is 2.24. The van der Waals surface area contributed by atoms with E-state index in [1.165, 1.54) is 0 Å². The Balaban J connectivity index is 1.22. The van der Waals surface area contributed by atoms with Gasteiger partial charge in [-0.25, -0.2) is 4.98 Å². The van der Waals surface area contributed by atoms with Gasteiger partial charge in [-0.05, 0) is 56.0 Å². The van der Waals surface area contributed by atoms with Gasteiger partial charge in [-0.1, -0.05) is 12.1 Å². The first-order valence-electron chi connectivity index (χ1n) is 11.3. The molecule has 1 aromatic carbocycles. The molecule has 7 nitrogen and oxygen atoms in total. The summed E-state index contributed by atoms with van der Waals surface area (Å²) in [5.41, 5.74) is 2.60. The molecule has 176 valence electrons. The van der Waals surface area contributed by atoms with Gasteiger partial charge in [-0.3, -0.25) is 9.69 Å². The Kier molecular flexibility index (Phi) is 8.15.